The second-order valence-electron chi connectivity index (χ2n) is 6.01. The summed E-state index contributed by atoms with van der Waals surface area (Å²) in [4.78, 5) is 12.7. The number of hydrogen-bond acceptors (Lipinski definition) is 4. The van der Waals surface area contributed by atoms with E-state index < -0.39 is 5.91 Å². The number of amides is 1. The van der Waals surface area contributed by atoms with Crippen LogP contribution in [0.4, 0.5) is 5.69 Å². The molecule has 0 saturated heterocycles. The van der Waals surface area contributed by atoms with Crippen molar-refractivity contribution in [3.8, 4) is 23.3 Å². The van der Waals surface area contributed by atoms with Gasteiger partial charge in [-0.15, -0.1) is 0 Å². The molecule has 5 heteroatoms. The summed E-state index contributed by atoms with van der Waals surface area (Å²) in [6, 6.07) is 25.6. The standard InChI is InChI=1S/C24H20N2O3/c1-2-28-22-14-8-6-10-18(22)16-19(17-25)24(27)26-21-13-7-9-15-23(21)29-20-11-4-3-5-12-20/h3-16H,2H2,1H3,(H,26,27)/b19-16+. The number of carbonyl (C=O) groups is 1. The Balaban J connectivity index is 1.83. The molecule has 5 nitrogen and oxygen atoms in total. The Kier molecular flexibility index (Phi) is 6.64. The van der Waals surface area contributed by atoms with Crippen molar-refractivity contribution in [2.75, 3.05) is 11.9 Å². The van der Waals surface area contributed by atoms with E-state index in [2.05, 4.69) is 5.32 Å². The van der Waals surface area contributed by atoms with Gasteiger partial charge in [-0.05, 0) is 43.3 Å². The van der Waals surface area contributed by atoms with Gasteiger partial charge in [0.1, 0.15) is 23.1 Å². The molecule has 0 aliphatic rings. The van der Waals surface area contributed by atoms with E-state index in [9.17, 15) is 10.1 Å². The second kappa shape index (κ2) is 9.77. The SMILES string of the molecule is CCOc1ccccc1/C=C(\C#N)C(=O)Nc1ccccc1Oc1ccccc1. The third-order valence-corrected chi connectivity index (χ3v) is 3.99. The first-order chi connectivity index (χ1) is 14.2. The Morgan fingerprint density at radius 1 is 0.966 bits per heavy atom. The lowest BCUT2D eigenvalue weighted by Crippen LogP contribution is -2.14. The fraction of sp³-hybridized carbons (Fsp3) is 0.0833. The lowest BCUT2D eigenvalue weighted by atomic mass is 10.1. The summed E-state index contributed by atoms with van der Waals surface area (Å²) in [5.41, 5.74) is 1.10. The summed E-state index contributed by atoms with van der Waals surface area (Å²) in [6.07, 6.45) is 1.51. The first kappa shape index (κ1) is 19.7. The molecule has 0 aliphatic carbocycles. The predicted octanol–water partition coefficient (Wildman–Crippen LogP) is 5.42. The van der Waals surface area contributed by atoms with Gasteiger partial charge in [0, 0.05) is 5.56 Å². The molecule has 0 aromatic heterocycles. The molecule has 0 spiro atoms. The third-order valence-electron chi connectivity index (χ3n) is 3.99. The van der Waals surface area contributed by atoms with Crippen molar-refractivity contribution >= 4 is 17.7 Å². The summed E-state index contributed by atoms with van der Waals surface area (Å²) in [6.45, 7) is 2.37. The Labute approximate surface area is 169 Å². The summed E-state index contributed by atoms with van der Waals surface area (Å²) in [5.74, 6) is 1.22. The maximum Gasteiger partial charge on any atom is 0.266 e. The molecule has 0 fully saturated rings. The minimum Gasteiger partial charge on any atom is -0.493 e. The average Bonchev–Trinajstić information content (AvgIpc) is 2.75. The molecule has 0 unspecified atom stereocenters. The number of nitriles is 1. The molecule has 0 saturated carbocycles. The molecule has 1 N–H and O–H groups in total. The lowest BCUT2D eigenvalue weighted by molar-refractivity contribution is -0.112. The zero-order valence-electron chi connectivity index (χ0n) is 16.0. The van der Waals surface area contributed by atoms with E-state index >= 15 is 0 Å². The van der Waals surface area contributed by atoms with E-state index in [0.29, 0.717) is 35.1 Å². The van der Waals surface area contributed by atoms with Crippen LogP contribution in [-0.4, -0.2) is 12.5 Å². The van der Waals surface area contributed by atoms with Crippen LogP contribution < -0.4 is 14.8 Å². The van der Waals surface area contributed by atoms with E-state index in [1.54, 1.807) is 30.3 Å². The fourth-order valence-corrected chi connectivity index (χ4v) is 2.65. The van der Waals surface area contributed by atoms with Gasteiger partial charge in [0.05, 0.1) is 12.3 Å². The number of ether oxygens (including phenoxy) is 2. The largest absolute Gasteiger partial charge is 0.493 e. The van der Waals surface area contributed by atoms with Crippen LogP contribution in [-0.2, 0) is 4.79 Å². The number of nitrogens with zero attached hydrogens (tertiary/aromatic N) is 1. The van der Waals surface area contributed by atoms with Crippen molar-refractivity contribution in [3.63, 3.8) is 0 Å². The summed E-state index contributed by atoms with van der Waals surface area (Å²) in [7, 11) is 0. The first-order valence-corrected chi connectivity index (χ1v) is 9.18. The Hall–Kier alpha value is -4.04. The van der Waals surface area contributed by atoms with Crippen LogP contribution >= 0.6 is 0 Å². The number of para-hydroxylation sites is 4. The number of anilines is 1. The molecular weight excluding hydrogens is 364 g/mol. The molecule has 29 heavy (non-hydrogen) atoms. The number of nitrogens with one attached hydrogen (secondary N) is 1. The van der Waals surface area contributed by atoms with Crippen molar-refractivity contribution < 1.29 is 14.3 Å². The van der Waals surface area contributed by atoms with Crippen molar-refractivity contribution in [2.24, 2.45) is 0 Å². The molecule has 144 valence electrons. The van der Waals surface area contributed by atoms with E-state index in [0.717, 1.165) is 0 Å². The molecule has 0 heterocycles. The maximum atomic E-state index is 12.7. The van der Waals surface area contributed by atoms with Crippen molar-refractivity contribution in [2.45, 2.75) is 6.92 Å². The van der Waals surface area contributed by atoms with Crippen LogP contribution in [0.1, 0.15) is 12.5 Å². The highest BCUT2D eigenvalue weighted by atomic mass is 16.5. The number of benzene rings is 3. The molecule has 0 radical (unpaired) electrons. The summed E-state index contributed by atoms with van der Waals surface area (Å²) < 4.78 is 11.4. The van der Waals surface area contributed by atoms with Crippen LogP contribution in [0.3, 0.4) is 0 Å². The van der Waals surface area contributed by atoms with Gasteiger partial charge in [-0.2, -0.15) is 5.26 Å². The van der Waals surface area contributed by atoms with E-state index in [1.165, 1.54) is 6.08 Å². The molecule has 0 atom stereocenters. The fourth-order valence-electron chi connectivity index (χ4n) is 2.65. The average molecular weight is 384 g/mol. The van der Waals surface area contributed by atoms with Crippen LogP contribution in [0.15, 0.2) is 84.4 Å². The first-order valence-electron chi connectivity index (χ1n) is 9.18. The second-order valence-corrected chi connectivity index (χ2v) is 6.01. The number of rotatable bonds is 7. The van der Waals surface area contributed by atoms with Crippen molar-refractivity contribution in [1.29, 1.82) is 5.26 Å². The van der Waals surface area contributed by atoms with Crippen molar-refractivity contribution in [1.82, 2.24) is 0 Å². The van der Waals surface area contributed by atoms with Gasteiger partial charge in [0.2, 0.25) is 0 Å². The van der Waals surface area contributed by atoms with Gasteiger partial charge < -0.3 is 14.8 Å². The highest BCUT2D eigenvalue weighted by molar-refractivity contribution is 6.10. The van der Waals surface area contributed by atoms with Gasteiger partial charge in [0.15, 0.2) is 5.75 Å². The van der Waals surface area contributed by atoms with Gasteiger partial charge >= 0.3 is 0 Å². The smallest absolute Gasteiger partial charge is 0.266 e. The highest BCUT2D eigenvalue weighted by Crippen LogP contribution is 2.29. The minimum absolute atomic E-state index is 0.0355. The van der Waals surface area contributed by atoms with Crippen LogP contribution in [0, 0.1) is 11.3 Å². The molecule has 0 aliphatic heterocycles. The molecule has 0 bridgehead atoms. The normalized spacial score (nSPS) is 10.7. The Morgan fingerprint density at radius 2 is 1.62 bits per heavy atom. The topological polar surface area (TPSA) is 71.3 Å². The number of hydrogen-bond donors (Lipinski definition) is 1. The third kappa shape index (κ3) is 5.24. The molecule has 3 aromatic carbocycles. The molecule has 3 aromatic rings. The predicted molar refractivity (Wildman–Crippen MR) is 113 cm³/mol. The van der Waals surface area contributed by atoms with E-state index in [1.807, 2.05) is 61.5 Å². The molecular formula is C24H20N2O3. The molecule has 3 rings (SSSR count). The van der Waals surface area contributed by atoms with Gasteiger partial charge in [0.25, 0.3) is 5.91 Å². The zero-order valence-corrected chi connectivity index (χ0v) is 16.0. The van der Waals surface area contributed by atoms with Crippen LogP contribution in [0.25, 0.3) is 6.08 Å². The molecule has 1 amide bonds. The van der Waals surface area contributed by atoms with Crippen LogP contribution in [0.2, 0.25) is 0 Å². The van der Waals surface area contributed by atoms with Crippen molar-refractivity contribution in [3.05, 3.63) is 90.0 Å². The highest BCUT2D eigenvalue weighted by Gasteiger charge is 2.14. The van der Waals surface area contributed by atoms with Crippen LogP contribution in [0.5, 0.6) is 17.2 Å². The quantitative estimate of drug-likeness (QED) is 0.436. The van der Waals surface area contributed by atoms with Gasteiger partial charge in [-0.3, -0.25) is 4.79 Å². The minimum atomic E-state index is -0.525. The lowest BCUT2D eigenvalue weighted by Gasteiger charge is -2.12. The van der Waals surface area contributed by atoms with E-state index in [-0.39, 0.29) is 5.57 Å². The zero-order chi connectivity index (χ0) is 20.5. The maximum absolute atomic E-state index is 12.7. The Bertz CT molecular complexity index is 1050. The van der Waals surface area contributed by atoms with Gasteiger partial charge in [-0.1, -0.05) is 48.5 Å². The monoisotopic (exact) mass is 384 g/mol. The summed E-state index contributed by atoms with van der Waals surface area (Å²) in [5, 5.41) is 12.3. The number of carbonyl (C=O) groups excluding carboxylic acids is 1. The summed E-state index contributed by atoms with van der Waals surface area (Å²) >= 11 is 0. The Morgan fingerprint density at radius 3 is 2.34 bits per heavy atom. The van der Waals surface area contributed by atoms with Gasteiger partial charge in [-0.25, -0.2) is 0 Å². The van der Waals surface area contributed by atoms with E-state index in [4.69, 9.17) is 9.47 Å².